The normalized spacial score (nSPS) is 10.4. The topological polar surface area (TPSA) is 55.8 Å². The Bertz CT molecular complexity index is 1340. The number of aryl methyl sites for hydroxylation is 1. The standard InChI is InChI=1S/C31H27NO4/c1-4-30(33)35-28-18-10-24(11-19-28)23-8-14-26(15-9-23)32(25-12-6-22(3)7-13-25)27-16-20-29(21-17-27)36-31(34)5-2/h4,6-21H,1,5H2,2-3H3. The number of hydrogen-bond donors (Lipinski definition) is 0. The van der Waals surface area contributed by atoms with Crippen molar-refractivity contribution in [2.45, 2.75) is 20.3 Å². The zero-order valence-corrected chi connectivity index (χ0v) is 20.3. The fourth-order valence-electron chi connectivity index (χ4n) is 3.68. The number of rotatable bonds is 8. The Balaban J connectivity index is 1.63. The second-order valence-corrected chi connectivity index (χ2v) is 8.19. The average Bonchev–Trinajstić information content (AvgIpc) is 2.91. The Morgan fingerprint density at radius 3 is 1.61 bits per heavy atom. The predicted molar refractivity (Wildman–Crippen MR) is 143 cm³/mol. The van der Waals surface area contributed by atoms with E-state index >= 15 is 0 Å². The van der Waals surface area contributed by atoms with Gasteiger partial charge in [-0.05, 0) is 78.7 Å². The van der Waals surface area contributed by atoms with E-state index in [4.69, 9.17) is 9.47 Å². The third kappa shape index (κ3) is 5.88. The Labute approximate surface area is 211 Å². The summed E-state index contributed by atoms with van der Waals surface area (Å²) in [6.07, 6.45) is 1.46. The number of carbonyl (C=O) groups is 2. The minimum Gasteiger partial charge on any atom is -0.427 e. The van der Waals surface area contributed by atoms with Crippen LogP contribution in [0.3, 0.4) is 0 Å². The summed E-state index contributed by atoms with van der Waals surface area (Å²) in [6, 6.07) is 31.4. The minimum absolute atomic E-state index is 0.263. The molecule has 5 nitrogen and oxygen atoms in total. The molecule has 0 heterocycles. The Morgan fingerprint density at radius 2 is 1.11 bits per heavy atom. The fraction of sp³-hybridized carbons (Fsp3) is 0.0968. The molecule has 180 valence electrons. The molecule has 0 aliphatic heterocycles. The maximum Gasteiger partial charge on any atom is 0.335 e. The van der Waals surface area contributed by atoms with Gasteiger partial charge in [0.2, 0.25) is 0 Å². The molecule has 0 radical (unpaired) electrons. The molecule has 5 heteroatoms. The Kier molecular flexibility index (Phi) is 7.61. The molecular weight excluding hydrogens is 450 g/mol. The van der Waals surface area contributed by atoms with Gasteiger partial charge in [-0.25, -0.2) is 4.79 Å². The van der Waals surface area contributed by atoms with Gasteiger partial charge in [0.25, 0.3) is 0 Å². The van der Waals surface area contributed by atoms with E-state index in [1.165, 1.54) is 5.56 Å². The second kappa shape index (κ2) is 11.2. The fourth-order valence-corrected chi connectivity index (χ4v) is 3.68. The van der Waals surface area contributed by atoms with Gasteiger partial charge in [0.1, 0.15) is 11.5 Å². The largest absolute Gasteiger partial charge is 0.427 e. The summed E-state index contributed by atoms with van der Waals surface area (Å²) < 4.78 is 10.5. The maximum atomic E-state index is 11.6. The highest BCUT2D eigenvalue weighted by Gasteiger charge is 2.13. The first kappa shape index (κ1) is 24.5. The second-order valence-electron chi connectivity index (χ2n) is 8.19. The van der Waals surface area contributed by atoms with Crippen LogP contribution in [0, 0.1) is 6.92 Å². The van der Waals surface area contributed by atoms with Crippen LogP contribution in [-0.4, -0.2) is 11.9 Å². The van der Waals surface area contributed by atoms with Gasteiger partial charge >= 0.3 is 11.9 Å². The summed E-state index contributed by atoms with van der Waals surface area (Å²) >= 11 is 0. The van der Waals surface area contributed by atoms with Crippen LogP contribution in [0.1, 0.15) is 18.9 Å². The molecule has 0 saturated carbocycles. The molecule has 0 aromatic heterocycles. The van der Waals surface area contributed by atoms with Crippen molar-refractivity contribution in [1.82, 2.24) is 0 Å². The monoisotopic (exact) mass is 477 g/mol. The number of carbonyl (C=O) groups excluding carboxylic acids is 2. The van der Waals surface area contributed by atoms with Crippen LogP contribution in [0.15, 0.2) is 110 Å². The molecule has 0 fully saturated rings. The molecule has 0 saturated heterocycles. The number of hydrogen-bond acceptors (Lipinski definition) is 5. The molecule has 0 atom stereocenters. The summed E-state index contributed by atoms with van der Waals surface area (Å²) in [6.45, 7) is 7.24. The van der Waals surface area contributed by atoms with Crippen LogP contribution in [0.25, 0.3) is 11.1 Å². The third-order valence-electron chi connectivity index (χ3n) is 5.61. The van der Waals surface area contributed by atoms with Gasteiger partial charge in [0.05, 0.1) is 0 Å². The van der Waals surface area contributed by atoms with Crippen LogP contribution in [-0.2, 0) is 9.59 Å². The zero-order valence-electron chi connectivity index (χ0n) is 20.3. The lowest BCUT2D eigenvalue weighted by Gasteiger charge is -2.26. The lowest BCUT2D eigenvalue weighted by Crippen LogP contribution is -2.10. The van der Waals surface area contributed by atoms with Gasteiger partial charge in [-0.15, -0.1) is 0 Å². The van der Waals surface area contributed by atoms with Gasteiger partial charge in [-0.3, -0.25) is 4.79 Å². The van der Waals surface area contributed by atoms with Crippen molar-refractivity contribution in [3.05, 3.63) is 115 Å². The highest BCUT2D eigenvalue weighted by Crippen LogP contribution is 2.36. The molecule has 0 unspecified atom stereocenters. The van der Waals surface area contributed by atoms with E-state index in [0.717, 1.165) is 34.3 Å². The molecule has 0 aliphatic rings. The summed E-state index contributed by atoms with van der Waals surface area (Å²) in [5.74, 6) is 0.242. The predicted octanol–water partition coefficient (Wildman–Crippen LogP) is 7.54. The first-order chi connectivity index (χ1) is 17.5. The van der Waals surface area contributed by atoms with E-state index in [0.29, 0.717) is 17.9 Å². The number of benzene rings is 4. The molecule has 4 aromatic rings. The molecule has 0 amide bonds. The molecule has 0 N–H and O–H groups in total. The van der Waals surface area contributed by atoms with Crippen molar-refractivity contribution < 1.29 is 19.1 Å². The van der Waals surface area contributed by atoms with Crippen LogP contribution in [0.5, 0.6) is 11.5 Å². The number of esters is 2. The summed E-state index contributed by atoms with van der Waals surface area (Å²) in [7, 11) is 0. The van der Waals surface area contributed by atoms with Crippen molar-refractivity contribution in [2.75, 3.05) is 4.90 Å². The van der Waals surface area contributed by atoms with E-state index < -0.39 is 5.97 Å². The quantitative estimate of drug-likeness (QED) is 0.149. The van der Waals surface area contributed by atoms with Gasteiger partial charge in [0.15, 0.2) is 0 Å². The molecule has 0 spiro atoms. The van der Waals surface area contributed by atoms with Crippen LogP contribution < -0.4 is 14.4 Å². The van der Waals surface area contributed by atoms with Gasteiger partial charge < -0.3 is 14.4 Å². The first-order valence-electron chi connectivity index (χ1n) is 11.7. The maximum absolute atomic E-state index is 11.6. The highest BCUT2D eigenvalue weighted by molar-refractivity contribution is 5.83. The van der Waals surface area contributed by atoms with E-state index in [1.54, 1.807) is 31.2 Å². The van der Waals surface area contributed by atoms with Crippen molar-refractivity contribution >= 4 is 29.0 Å². The summed E-state index contributed by atoms with van der Waals surface area (Å²) in [5, 5.41) is 0. The molecule has 0 aliphatic carbocycles. The molecule has 4 rings (SSSR count). The Morgan fingerprint density at radius 1 is 0.694 bits per heavy atom. The molecular formula is C31H27NO4. The van der Waals surface area contributed by atoms with Gasteiger partial charge in [-0.2, -0.15) is 0 Å². The van der Waals surface area contributed by atoms with Crippen molar-refractivity contribution in [3.8, 4) is 22.6 Å². The Hall–Kier alpha value is -4.64. The molecule has 36 heavy (non-hydrogen) atoms. The summed E-state index contributed by atoms with van der Waals surface area (Å²) in [5.41, 5.74) is 6.15. The van der Waals surface area contributed by atoms with Gasteiger partial charge in [-0.1, -0.05) is 55.5 Å². The van der Waals surface area contributed by atoms with E-state index in [2.05, 4.69) is 66.9 Å². The number of ether oxygens (including phenoxy) is 2. The van der Waals surface area contributed by atoms with Crippen molar-refractivity contribution in [1.29, 1.82) is 0 Å². The van der Waals surface area contributed by atoms with E-state index in [-0.39, 0.29) is 5.97 Å². The number of nitrogens with zero attached hydrogens (tertiary/aromatic N) is 1. The molecule has 0 bridgehead atoms. The first-order valence-corrected chi connectivity index (χ1v) is 11.7. The van der Waals surface area contributed by atoms with Crippen LogP contribution in [0.4, 0.5) is 17.1 Å². The highest BCUT2D eigenvalue weighted by atomic mass is 16.5. The van der Waals surface area contributed by atoms with Crippen molar-refractivity contribution in [2.24, 2.45) is 0 Å². The lowest BCUT2D eigenvalue weighted by molar-refractivity contribution is -0.134. The minimum atomic E-state index is -0.486. The third-order valence-corrected chi connectivity index (χ3v) is 5.61. The van der Waals surface area contributed by atoms with Crippen molar-refractivity contribution in [3.63, 3.8) is 0 Å². The average molecular weight is 478 g/mol. The van der Waals surface area contributed by atoms with Crippen LogP contribution in [0.2, 0.25) is 0 Å². The van der Waals surface area contributed by atoms with E-state index in [1.807, 2.05) is 24.3 Å². The van der Waals surface area contributed by atoms with Gasteiger partial charge in [0, 0.05) is 29.6 Å². The zero-order chi connectivity index (χ0) is 25.5. The van der Waals surface area contributed by atoms with E-state index in [9.17, 15) is 9.59 Å². The summed E-state index contributed by atoms with van der Waals surface area (Å²) in [4.78, 5) is 25.2. The van der Waals surface area contributed by atoms with Crippen LogP contribution >= 0.6 is 0 Å². The molecule has 4 aromatic carbocycles. The lowest BCUT2D eigenvalue weighted by atomic mass is 10.0. The SMILES string of the molecule is C=CC(=O)Oc1ccc(-c2ccc(N(c3ccc(C)cc3)c3ccc(OC(=O)CC)cc3)cc2)cc1. The number of anilines is 3. The smallest absolute Gasteiger partial charge is 0.335 e.